The van der Waals surface area contributed by atoms with E-state index < -0.39 is 0 Å². The molecule has 2 aromatic rings. The fourth-order valence-corrected chi connectivity index (χ4v) is 2.68. The van der Waals surface area contributed by atoms with Crippen molar-refractivity contribution in [1.82, 2.24) is 15.1 Å². The molecule has 3 rings (SSSR count). The molecule has 1 aromatic carbocycles. The minimum absolute atomic E-state index is 0.0894. The molecule has 1 saturated carbocycles. The maximum atomic E-state index is 11.7. The third-order valence-corrected chi connectivity index (χ3v) is 4.33. The van der Waals surface area contributed by atoms with E-state index in [1.165, 1.54) is 6.08 Å². The second kappa shape index (κ2) is 6.77. The van der Waals surface area contributed by atoms with E-state index in [-0.39, 0.29) is 5.91 Å². The number of benzene rings is 1. The third kappa shape index (κ3) is 4.15. The van der Waals surface area contributed by atoms with E-state index in [4.69, 9.17) is 23.2 Å². The Kier molecular flexibility index (Phi) is 4.74. The predicted molar refractivity (Wildman–Crippen MR) is 92.7 cm³/mol. The van der Waals surface area contributed by atoms with Gasteiger partial charge in [0.15, 0.2) is 0 Å². The molecule has 1 fully saturated rings. The van der Waals surface area contributed by atoms with Gasteiger partial charge in [-0.05, 0) is 43.5 Å². The summed E-state index contributed by atoms with van der Waals surface area (Å²) in [5, 5.41) is 8.57. The zero-order valence-corrected chi connectivity index (χ0v) is 14.2. The molecular formula is C17H17Cl2N3O. The van der Waals surface area contributed by atoms with Gasteiger partial charge < -0.3 is 5.32 Å². The van der Waals surface area contributed by atoms with Gasteiger partial charge >= 0.3 is 0 Å². The van der Waals surface area contributed by atoms with Crippen molar-refractivity contribution in [1.29, 1.82) is 0 Å². The largest absolute Gasteiger partial charge is 0.350 e. The quantitative estimate of drug-likeness (QED) is 0.833. The van der Waals surface area contributed by atoms with Crippen molar-refractivity contribution in [2.24, 2.45) is 0 Å². The number of carbonyl (C=O) groups excluding carboxylic acids is 1. The topological polar surface area (TPSA) is 46.9 Å². The molecule has 0 radical (unpaired) electrons. The molecule has 1 heterocycles. The highest BCUT2D eigenvalue weighted by molar-refractivity contribution is 6.31. The summed E-state index contributed by atoms with van der Waals surface area (Å²) in [6.07, 6.45) is 5.37. The number of aryl methyl sites for hydroxylation is 1. The van der Waals surface area contributed by atoms with E-state index in [1.807, 2.05) is 31.2 Å². The first kappa shape index (κ1) is 16.1. The van der Waals surface area contributed by atoms with Crippen LogP contribution in [0.1, 0.15) is 29.7 Å². The van der Waals surface area contributed by atoms with E-state index in [1.54, 1.807) is 10.8 Å². The summed E-state index contributed by atoms with van der Waals surface area (Å²) in [4.78, 5) is 11.7. The number of hydrogen-bond acceptors (Lipinski definition) is 2. The van der Waals surface area contributed by atoms with Crippen molar-refractivity contribution in [2.75, 3.05) is 0 Å². The minimum atomic E-state index is -0.0894. The lowest BCUT2D eigenvalue weighted by Gasteiger charge is -2.03. The van der Waals surface area contributed by atoms with Gasteiger partial charge in [0.2, 0.25) is 5.91 Å². The van der Waals surface area contributed by atoms with Gasteiger partial charge in [-0.3, -0.25) is 4.79 Å². The second-order valence-corrected chi connectivity index (χ2v) is 6.48. The van der Waals surface area contributed by atoms with Gasteiger partial charge in [0.05, 0.1) is 12.2 Å². The summed E-state index contributed by atoms with van der Waals surface area (Å²) in [6.45, 7) is 2.43. The fraction of sp³-hybridized carbons (Fsp3) is 0.294. The van der Waals surface area contributed by atoms with Crippen LogP contribution in [-0.2, 0) is 11.3 Å². The van der Waals surface area contributed by atoms with Crippen LogP contribution in [0.4, 0.5) is 0 Å². The third-order valence-electron chi connectivity index (χ3n) is 3.68. The van der Waals surface area contributed by atoms with Crippen molar-refractivity contribution in [3.63, 3.8) is 0 Å². The molecule has 1 amide bonds. The standard InChI is InChI=1S/C17H17Cl2N3O/c1-11-15(8-9-16(23)20-14-6-7-14)17(19)22(21-11)10-12-2-4-13(18)5-3-12/h2-5,8-9,14H,6-7,10H2,1H3,(H,20,23)/b9-8+. The van der Waals surface area contributed by atoms with Crippen LogP contribution in [-0.4, -0.2) is 21.7 Å². The van der Waals surface area contributed by atoms with Gasteiger partial charge in [0, 0.05) is 22.7 Å². The Bertz CT molecular complexity index is 746. The first-order valence-electron chi connectivity index (χ1n) is 7.49. The molecule has 0 aliphatic heterocycles. The van der Waals surface area contributed by atoms with Gasteiger partial charge in [-0.25, -0.2) is 4.68 Å². The molecule has 0 atom stereocenters. The Hall–Kier alpha value is -1.78. The Morgan fingerprint density at radius 2 is 2.04 bits per heavy atom. The smallest absolute Gasteiger partial charge is 0.244 e. The predicted octanol–water partition coefficient (Wildman–Crippen LogP) is 3.84. The normalized spacial score (nSPS) is 14.4. The van der Waals surface area contributed by atoms with Gasteiger partial charge in [-0.15, -0.1) is 0 Å². The van der Waals surface area contributed by atoms with Crippen molar-refractivity contribution in [3.8, 4) is 0 Å². The molecular weight excluding hydrogens is 333 g/mol. The number of halogens is 2. The maximum absolute atomic E-state index is 11.7. The van der Waals surface area contributed by atoms with E-state index in [9.17, 15) is 4.79 Å². The Labute approximate surface area is 145 Å². The molecule has 0 unspecified atom stereocenters. The molecule has 1 aromatic heterocycles. The van der Waals surface area contributed by atoms with Crippen LogP contribution in [0.15, 0.2) is 30.3 Å². The van der Waals surface area contributed by atoms with E-state index in [2.05, 4.69) is 10.4 Å². The summed E-state index contributed by atoms with van der Waals surface area (Å²) in [7, 11) is 0. The lowest BCUT2D eigenvalue weighted by Crippen LogP contribution is -2.22. The molecule has 120 valence electrons. The Morgan fingerprint density at radius 1 is 1.35 bits per heavy atom. The van der Waals surface area contributed by atoms with Crippen LogP contribution < -0.4 is 5.32 Å². The number of nitrogens with zero attached hydrogens (tertiary/aromatic N) is 2. The fourth-order valence-electron chi connectivity index (χ4n) is 2.26. The number of hydrogen-bond donors (Lipinski definition) is 1. The average Bonchev–Trinajstić information content (AvgIpc) is 3.28. The summed E-state index contributed by atoms with van der Waals surface area (Å²) in [5.41, 5.74) is 2.62. The molecule has 1 aliphatic rings. The Morgan fingerprint density at radius 3 is 2.70 bits per heavy atom. The van der Waals surface area contributed by atoms with Crippen LogP contribution >= 0.6 is 23.2 Å². The highest BCUT2D eigenvalue weighted by Gasteiger charge is 2.22. The highest BCUT2D eigenvalue weighted by Crippen LogP contribution is 2.23. The number of amides is 1. The minimum Gasteiger partial charge on any atom is -0.350 e. The first-order chi connectivity index (χ1) is 11.0. The summed E-state index contributed by atoms with van der Waals surface area (Å²) in [5.74, 6) is -0.0894. The lowest BCUT2D eigenvalue weighted by atomic mass is 10.2. The lowest BCUT2D eigenvalue weighted by molar-refractivity contribution is -0.116. The van der Waals surface area contributed by atoms with E-state index in [0.717, 1.165) is 29.7 Å². The number of rotatable bonds is 5. The van der Waals surface area contributed by atoms with Crippen LogP contribution in [0.2, 0.25) is 10.2 Å². The molecule has 23 heavy (non-hydrogen) atoms. The summed E-state index contributed by atoms with van der Waals surface area (Å²) < 4.78 is 1.72. The Balaban J connectivity index is 1.74. The zero-order valence-electron chi connectivity index (χ0n) is 12.7. The van der Waals surface area contributed by atoms with Gasteiger partial charge in [0.25, 0.3) is 0 Å². The van der Waals surface area contributed by atoms with Crippen LogP contribution in [0.25, 0.3) is 6.08 Å². The van der Waals surface area contributed by atoms with E-state index >= 15 is 0 Å². The maximum Gasteiger partial charge on any atom is 0.244 e. The van der Waals surface area contributed by atoms with Crippen LogP contribution in [0.5, 0.6) is 0 Å². The van der Waals surface area contributed by atoms with Gasteiger partial charge in [0.1, 0.15) is 5.15 Å². The monoisotopic (exact) mass is 349 g/mol. The average molecular weight is 350 g/mol. The summed E-state index contributed by atoms with van der Waals surface area (Å²) in [6, 6.07) is 7.90. The molecule has 6 heteroatoms. The van der Waals surface area contributed by atoms with Crippen molar-refractivity contribution < 1.29 is 4.79 Å². The van der Waals surface area contributed by atoms with Gasteiger partial charge in [-0.1, -0.05) is 35.3 Å². The van der Waals surface area contributed by atoms with Crippen molar-refractivity contribution >= 4 is 35.2 Å². The molecule has 0 spiro atoms. The molecule has 0 bridgehead atoms. The summed E-state index contributed by atoms with van der Waals surface area (Å²) >= 11 is 12.3. The number of carbonyl (C=O) groups is 1. The molecule has 4 nitrogen and oxygen atoms in total. The second-order valence-electron chi connectivity index (χ2n) is 5.69. The molecule has 0 saturated heterocycles. The highest BCUT2D eigenvalue weighted by atomic mass is 35.5. The molecule has 1 N–H and O–H groups in total. The van der Waals surface area contributed by atoms with Crippen LogP contribution in [0.3, 0.4) is 0 Å². The molecule has 1 aliphatic carbocycles. The zero-order chi connectivity index (χ0) is 16.4. The number of aromatic nitrogens is 2. The van der Waals surface area contributed by atoms with Gasteiger partial charge in [-0.2, -0.15) is 5.10 Å². The van der Waals surface area contributed by atoms with Crippen LogP contribution in [0, 0.1) is 6.92 Å². The number of nitrogens with one attached hydrogen (secondary N) is 1. The SMILES string of the molecule is Cc1nn(Cc2ccc(Cl)cc2)c(Cl)c1/C=C/C(=O)NC1CC1. The first-order valence-corrected chi connectivity index (χ1v) is 8.24. The van der Waals surface area contributed by atoms with Crippen molar-refractivity contribution in [3.05, 3.63) is 57.3 Å². The van der Waals surface area contributed by atoms with E-state index in [0.29, 0.717) is 22.8 Å². The van der Waals surface area contributed by atoms with Crippen molar-refractivity contribution in [2.45, 2.75) is 32.4 Å².